The van der Waals surface area contributed by atoms with Gasteiger partial charge in [0.1, 0.15) is 0 Å². The Kier molecular flexibility index (Phi) is 3.98. The second kappa shape index (κ2) is 5.22. The highest BCUT2D eigenvalue weighted by atomic mass is 79.9. The number of aliphatic carboxylic acids is 1. The number of carboxylic acid groups (broad SMARTS) is 1. The molecule has 1 aromatic rings. The van der Waals surface area contributed by atoms with Crippen LogP contribution >= 0.6 is 15.9 Å². The number of sulfonamides is 1. The lowest BCUT2D eigenvalue weighted by Gasteiger charge is -2.16. The zero-order valence-electron chi connectivity index (χ0n) is 10.3. The van der Waals surface area contributed by atoms with Gasteiger partial charge in [0.15, 0.2) is 0 Å². The van der Waals surface area contributed by atoms with Crippen LogP contribution in [0.5, 0.6) is 0 Å². The summed E-state index contributed by atoms with van der Waals surface area (Å²) in [7, 11) is -3.62. The number of carboxylic acids is 1. The van der Waals surface area contributed by atoms with Gasteiger partial charge < -0.3 is 5.11 Å². The van der Waals surface area contributed by atoms with E-state index in [1.165, 1.54) is 16.4 Å². The molecule has 7 heteroatoms. The summed E-state index contributed by atoms with van der Waals surface area (Å²) < 4.78 is 26.7. The van der Waals surface area contributed by atoms with Crippen LogP contribution in [-0.4, -0.2) is 36.9 Å². The molecule has 1 fully saturated rings. The van der Waals surface area contributed by atoms with E-state index < -0.39 is 21.9 Å². The zero-order valence-corrected chi connectivity index (χ0v) is 12.7. The predicted molar refractivity (Wildman–Crippen MR) is 73.2 cm³/mol. The second-order valence-corrected chi connectivity index (χ2v) is 7.56. The van der Waals surface area contributed by atoms with Crippen molar-refractivity contribution >= 4 is 31.9 Å². The van der Waals surface area contributed by atoms with Crippen LogP contribution in [0.1, 0.15) is 6.92 Å². The second-order valence-electron chi connectivity index (χ2n) is 4.70. The van der Waals surface area contributed by atoms with Crippen molar-refractivity contribution in [1.29, 1.82) is 0 Å². The minimum absolute atomic E-state index is 0.0331. The van der Waals surface area contributed by atoms with Gasteiger partial charge in [0.25, 0.3) is 0 Å². The third-order valence-electron chi connectivity index (χ3n) is 3.33. The molecule has 2 atom stereocenters. The van der Waals surface area contributed by atoms with Gasteiger partial charge in [0, 0.05) is 17.6 Å². The van der Waals surface area contributed by atoms with Crippen molar-refractivity contribution < 1.29 is 18.3 Å². The van der Waals surface area contributed by atoms with E-state index in [2.05, 4.69) is 15.9 Å². The minimum Gasteiger partial charge on any atom is -0.481 e. The van der Waals surface area contributed by atoms with Gasteiger partial charge in [-0.05, 0) is 24.1 Å². The molecule has 1 aromatic carbocycles. The van der Waals surface area contributed by atoms with Crippen LogP contribution in [0.2, 0.25) is 0 Å². The highest BCUT2D eigenvalue weighted by Crippen LogP contribution is 2.29. The fourth-order valence-electron chi connectivity index (χ4n) is 2.22. The topological polar surface area (TPSA) is 74.7 Å². The molecule has 5 nitrogen and oxygen atoms in total. The van der Waals surface area contributed by atoms with E-state index in [-0.39, 0.29) is 23.9 Å². The molecule has 1 N–H and O–H groups in total. The zero-order chi connectivity index (χ0) is 14.2. The average Bonchev–Trinajstić information content (AvgIpc) is 2.72. The maximum Gasteiger partial charge on any atom is 0.308 e. The molecule has 19 heavy (non-hydrogen) atoms. The molecule has 0 spiro atoms. The summed E-state index contributed by atoms with van der Waals surface area (Å²) in [5.41, 5.74) is 0. The van der Waals surface area contributed by atoms with Gasteiger partial charge in [-0.25, -0.2) is 8.42 Å². The number of nitrogens with zero attached hydrogens (tertiary/aromatic N) is 1. The summed E-state index contributed by atoms with van der Waals surface area (Å²) in [6.07, 6.45) is 0. The molecular formula is C12H14BrNO4S. The van der Waals surface area contributed by atoms with Crippen molar-refractivity contribution in [2.75, 3.05) is 13.1 Å². The highest BCUT2D eigenvalue weighted by molar-refractivity contribution is 9.10. The third-order valence-corrected chi connectivity index (χ3v) is 5.65. The van der Waals surface area contributed by atoms with Crippen molar-refractivity contribution in [3.63, 3.8) is 0 Å². The van der Waals surface area contributed by atoms with Crippen molar-refractivity contribution in [2.24, 2.45) is 11.8 Å². The van der Waals surface area contributed by atoms with Gasteiger partial charge in [-0.2, -0.15) is 4.31 Å². The number of hydrogen-bond acceptors (Lipinski definition) is 3. The van der Waals surface area contributed by atoms with Gasteiger partial charge in [-0.1, -0.05) is 28.9 Å². The summed E-state index contributed by atoms with van der Waals surface area (Å²) in [6.45, 7) is 2.03. The summed E-state index contributed by atoms with van der Waals surface area (Å²) in [5, 5.41) is 9.05. The molecule has 104 valence electrons. The Morgan fingerprint density at radius 1 is 1.42 bits per heavy atom. The molecule has 0 bridgehead atoms. The molecule has 0 radical (unpaired) electrons. The van der Waals surface area contributed by atoms with E-state index in [1.54, 1.807) is 19.1 Å². The van der Waals surface area contributed by atoms with Crippen LogP contribution in [0, 0.1) is 11.8 Å². The van der Waals surface area contributed by atoms with Crippen molar-refractivity contribution in [3.8, 4) is 0 Å². The summed E-state index contributed by atoms with van der Waals surface area (Å²) in [5.74, 6) is -1.76. The molecule has 0 aliphatic carbocycles. The molecule has 2 unspecified atom stereocenters. The standard InChI is InChI=1S/C12H14BrNO4S/c1-8-6-14(7-11(8)12(15)16)19(17,18)10-4-2-3-9(13)5-10/h2-5,8,11H,6-7H2,1H3,(H,15,16). The SMILES string of the molecule is CC1CN(S(=O)(=O)c2cccc(Br)c2)CC1C(=O)O. The summed E-state index contributed by atoms with van der Waals surface area (Å²) in [6, 6.07) is 6.42. The van der Waals surface area contributed by atoms with Gasteiger partial charge >= 0.3 is 5.97 Å². The van der Waals surface area contributed by atoms with E-state index in [0.29, 0.717) is 4.47 Å². The van der Waals surface area contributed by atoms with Gasteiger partial charge in [-0.3, -0.25) is 4.79 Å². The molecule has 2 rings (SSSR count). The third kappa shape index (κ3) is 2.82. The van der Waals surface area contributed by atoms with Gasteiger partial charge in [0.2, 0.25) is 10.0 Å². The number of halogens is 1. The molecule has 0 amide bonds. The van der Waals surface area contributed by atoms with Crippen molar-refractivity contribution in [1.82, 2.24) is 4.31 Å². The predicted octanol–water partition coefficient (Wildman–Crippen LogP) is 1.79. The number of benzene rings is 1. The lowest BCUT2D eigenvalue weighted by atomic mass is 9.99. The first-order valence-electron chi connectivity index (χ1n) is 5.81. The first-order valence-corrected chi connectivity index (χ1v) is 8.04. The Morgan fingerprint density at radius 3 is 2.63 bits per heavy atom. The number of carbonyl (C=O) groups is 1. The Bertz CT molecular complexity index is 602. The van der Waals surface area contributed by atoms with Crippen LogP contribution in [0.15, 0.2) is 33.6 Å². The van der Waals surface area contributed by atoms with Crippen LogP contribution in [0.4, 0.5) is 0 Å². The summed E-state index contributed by atoms with van der Waals surface area (Å²) >= 11 is 3.23. The lowest BCUT2D eigenvalue weighted by Crippen LogP contribution is -2.30. The highest BCUT2D eigenvalue weighted by Gasteiger charge is 2.40. The molecule has 0 saturated carbocycles. The van der Waals surface area contributed by atoms with E-state index in [1.807, 2.05) is 0 Å². The molecule has 1 aliphatic heterocycles. The monoisotopic (exact) mass is 347 g/mol. The molecule has 1 saturated heterocycles. The van der Waals surface area contributed by atoms with Crippen LogP contribution in [-0.2, 0) is 14.8 Å². The van der Waals surface area contributed by atoms with Crippen LogP contribution < -0.4 is 0 Å². The van der Waals surface area contributed by atoms with E-state index >= 15 is 0 Å². The van der Waals surface area contributed by atoms with Crippen molar-refractivity contribution in [3.05, 3.63) is 28.7 Å². The van der Waals surface area contributed by atoms with E-state index in [0.717, 1.165) is 0 Å². The first kappa shape index (κ1) is 14.5. The van der Waals surface area contributed by atoms with Gasteiger partial charge in [0.05, 0.1) is 10.8 Å². The molecular weight excluding hydrogens is 334 g/mol. The fraction of sp³-hybridized carbons (Fsp3) is 0.417. The maximum atomic E-state index is 12.4. The Labute approximate surface area is 120 Å². The minimum atomic E-state index is -3.62. The Hall–Kier alpha value is -0.920. The maximum absolute atomic E-state index is 12.4. The molecule has 1 aliphatic rings. The normalized spacial score (nSPS) is 24.5. The van der Waals surface area contributed by atoms with Crippen LogP contribution in [0.25, 0.3) is 0 Å². The first-order chi connectivity index (χ1) is 8.82. The number of hydrogen-bond donors (Lipinski definition) is 1. The molecule has 0 aromatic heterocycles. The summed E-state index contributed by atoms with van der Waals surface area (Å²) in [4.78, 5) is 11.2. The molecule has 1 heterocycles. The van der Waals surface area contributed by atoms with E-state index in [9.17, 15) is 13.2 Å². The smallest absolute Gasteiger partial charge is 0.308 e. The quantitative estimate of drug-likeness (QED) is 0.904. The van der Waals surface area contributed by atoms with Crippen LogP contribution in [0.3, 0.4) is 0 Å². The number of rotatable bonds is 3. The van der Waals surface area contributed by atoms with E-state index in [4.69, 9.17) is 5.11 Å². The largest absolute Gasteiger partial charge is 0.481 e. The van der Waals surface area contributed by atoms with Crippen molar-refractivity contribution in [2.45, 2.75) is 11.8 Å². The van der Waals surface area contributed by atoms with Gasteiger partial charge in [-0.15, -0.1) is 0 Å². The lowest BCUT2D eigenvalue weighted by molar-refractivity contribution is -0.142. The Balaban J connectivity index is 2.30. The Morgan fingerprint density at radius 2 is 2.11 bits per heavy atom. The average molecular weight is 348 g/mol. The fourth-order valence-corrected chi connectivity index (χ4v) is 4.38.